The number of benzene rings is 2. The highest BCUT2D eigenvalue weighted by Gasteiger charge is 2.14. The van der Waals surface area contributed by atoms with Gasteiger partial charge >= 0.3 is 5.97 Å². The fourth-order valence-electron chi connectivity index (χ4n) is 2.15. The standard InChI is InChI=1S/C19H20N2O4S/c1-3-25-19(24)16-6-4-5-7-17(16)21-18(23)12-26-15-10-8-14(9-11-15)20-13(2)22/h4-11H,3,12H2,1-2H3,(H,20,22)(H,21,23). The molecule has 0 saturated heterocycles. The number of para-hydroxylation sites is 1. The number of rotatable bonds is 7. The van der Waals surface area contributed by atoms with E-state index in [2.05, 4.69) is 10.6 Å². The zero-order valence-corrected chi connectivity index (χ0v) is 15.4. The molecule has 0 aliphatic heterocycles. The predicted molar refractivity (Wildman–Crippen MR) is 102 cm³/mol. The SMILES string of the molecule is CCOC(=O)c1ccccc1NC(=O)CSc1ccc(NC(C)=O)cc1. The van der Waals surface area contributed by atoms with Gasteiger partial charge in [0.15, 0.2) is 0 Å². The minimum Gasteiger partial charge on any atom is -0.462 e. The number of hydrogen-bond acceptors (Lipinski definition) is 5. The van der Waals surface area contributed by atoms with Crippen molar-refractivity contribution in [3.05, 3.63) is 54.1 Å². The van der Waals surface area contributed by atoms with E-state index in [9.17, 15) is 14.4 Å². The molecule has 0 aliphatic rings. The zero-order valence-electron chi connectivity index (χ0n) is 14.6. The maximum absolute atomic E-state index is 12.2. The predicted octanol–water partition coefficient (Wildman–Crippen LogP) is 3.55. The Morgan fingerprint density at radius 1 is 1.00 bits per heavy atom. The molecule has 26 heavy (non-hydrogen) atoms. The van der Waals surface area contributed by atoms with Crippen molar-refractivity contribution in [3.63, 3.8) is 0 Å². The van der Waals surface area contributed by atoms with E-state index in [0.29, 0.717) is 16.9 Å². The minimum absolute atomic E-state index is 0.134. The van der Waals surface area contributed by atoms with Crippen LogP contribution >= 0.6 is 11.8 Å². The Balaban J connectivity index is 1.93. The van der Waals surface area contributed by atoms with E-state index in [1.54, 1.807) is 43.3 Å². The van der Waals surface area contributed by atoms with Gasteiger partial charge < -0.3 is 15.4 Å². The molecule has 0 fully saturated rings. The molecule has 136 valence electrons. The van der Waals surface area contributed by atoms with Gasteiger partial charge in [-0.3, -0.25) is 9.59 Å². The number of hydrogen-bond donors (Lipinski definition) is 2. The summed E-state index contributed by atoms with van der Waals surface area (Å²) < 4.78 is 4.99. The fraction of sp³-hybridized carbons (Fsp3) is 0.211. The van der Waals surface area contributed by atoms with Crippen LogP contribution in [0, 0.1) is 0 Å². The van der Waals surface area contributed by atoms with Crippen molar-refractivity contribution in [2.24, 2.45) is 0 Å². The summed E-state index contributed by atoms with van der Waals surface area (Å²) in [5.74, 6) is -0.635. The van der Waals surface area contributed by atoms with Crippen molar-refractivity contribution in [2.75, 3.05) is 23.0 Å². The molecule has 0 spiro atoms. The van der Waals surface area contributed by atoms with Crippen molar-refractivity contribution in [1.82, 2.24) is 0 Å². The van der Waals surface area contributed by atoms with Gasteiger partial charge in [0.2, 0.25) is 11.8 Å². The first-order valence-corrected chi connectivity index (χ1v) is 9.04. The van der Waals surface area contributed by atoms with Gasteiger partial charge in [-0.2, -0.15) is 0 Å². The molecule has 2 aromatic rings. The summed E-state index contributed by atoms with van der Waals surface area (Å²) in [7, 11) is 0. The molecule has 7 heteroatoms. The smallest absolute Gasteiger partial charge is 0.340 e. The maximum Gasteiger partial charge on any atom is 0.340 e. The average molecular weight is 372 g/mol. The highest BCUT2D eigenvalue weighted by molar-refractivity contribution is 8.00. The summed E-state index contributed by atoms with van der Waals surface area (Å²) in [5.41, 5.74) is 1.46. The van der Waals surface area contributed by atoms with E-state index < -0.39 is 5.97 Å². The third-order valence-electron chi connectivity index (χ3n) is 3.24. The Kier molecular flexibility index (Phi) is 7.23. The van der Waals surface area contributed by atoms with Gasteiger partial charge in [0, 0.05) is 17.5 Å². The van der Waals surface area contributed by atoms with Crippen LogP contribution in [-0.4, -0.2) is 30.1 Å². The molecule has 0 atom stereocenters. The van der Waals surface area contributed by atoms with Crippen LogP contribution in [0.4, 0.5) is 11.4 Å². The van der Waals surface area contributed by atoms with Crippen molar-refractivity contribution in [1.29, 1.82) is 0 Å². The van der Waals surface area contributed by atoms with Crippen LogP contribution < -0.4 is 10.6 Å². The molecular formula is C19H20N2O4S. The van der Waals surface area contributed by atoms with Gasteiger partial charge in [0.25, 0.3) is 0 Å². The number of anilines is 2. The Morgan fingerprint density at radius 3 is 2.35 bits per heavy atom. The highest BCUT2D eigenvalue weighted by atomic mass is 32.2. The zero-order chi connectivity index (χ0) is 18.9. The molecule has 2 N–H and O–H groups in total. The van der Waals surface area contributed by atoms with E-state index in [4.69, 9.17) is 4.74 Å². The highest BCUT2D eigenvalue weighted by Crippen LogP contribution is 2.21. The first kappa shape index (κ1) is 19.5. The quantitative estimate of drug-likeness (QED) is 0.573. The molecule has 0 aromatic heterocycles. The third-order valence-corrected chi connectivity index (χ3v) is 4.25. The lowest BCUT2D eigenvalue weighted by Gasteiger charge is -2.10. The number of esters is 1. The third kappa shape index (κ3) is 5.93. The largest absolute Gasteiger partial charge is 0.462 e. The van der Waals surface area contributed by atoms with E-state index in [0.717, 1.165) is 4.90 Å². The van der Waals surface area contributed by atoms with E-state index >= 15 is 0 Å². The van der Waals surface area contributed by atoms with E-state index in [1.807, 2.05) is 12.1 Å². The molecule has 6 nitrogen and oxygen atoms in total. The number of amides is 2. The van der Waals surface area contributed by atoms with Gasteiger partial charge in [-0.05, 0) is 43.3 Å². The van der Waals surface area contributed by atoms with Crippen LogP contribution in [-0.2, 0) is 14.3 Å². The van der Waals surface area contributed by atoms with Crippen LogP contribution in [0.25, 0.3) is 0 Å². The second kappa shape index (κ2) is 9.62. The minimum atomic E-state index is -0.468. The summed E-state index contributed by atoms with van der Waals surface area (Å²) >= 11 is 1.36. The van der Waals surface area contributed by atoms with Crippen LogP contribution in [0.2, 0.25) is 0 Å². The first-order valence-electron chi connectivity index (χ1n) is 8.06. The summed E-state index contributed by atoms with van der Waals surface area (Å²) in [5, 5.41) is 5.43. The van der Waals surface area contributed by atoms with E-state index in [1.165, 1.54) is 18.7 Å². The monoisotopic (exact) mass is 372 g/mol. The van der Waals surface area contributed by atoms with Crippen molar-refractivity contribution in [3.8, 4) is 0 Å². The molecule has 2 amide bonds. The molecule has 0 saturated carbocycles. The molecule has 0 bridgehead atoms. The van der Waals surface area contributed by atoms with Gasteiger partial charge in [0.1, 0.15) is 0 Å². The molecule has 2 rings (SSSR count). The molecule has 0 aliphatic carbocycles. The summed E-state index contributed by atoms with van der Waals surface area (Å²) in [4.78, 5) is 36.0. The lowest BCUT2D eigenvalue weighted by Crippen LogP contribution is -2.17. The Bertz CT molecular complexity index is 790. The molecule has 2 aromatic carbocycles. The van der Waals surface area contributed by atoms with Gasteiger partial charge in [-0.1, -0.05) is 12.1 Å². The number of ether oxygens (including phenoxy) is 1. The average Bonchev–Trinajstić information content (AvgIpc) is 2.61. The molecular weight excluding hydrogens is 352 g/mol. The van der Waals surface area contributed by atoms with Crippen LogP contribution in [0.15, 0.2) is 53.4 Å². The summed E-state index contributed by atoms with van der Waals surface area (Å²) in [6, 6.07) is 13.9. The number of thioether (sulfide) groups is 1. The molecule has 0 radical (unpaired) electrons. The number of nitrogens with one attached hydrogen (secondary N) is 2. The van der Waals surface area contributed by atoms with Gasteiger partial charge in [-0.25, -0.2) is 4.79 Å². The molecule has 0 unspecified atom stereocenters. The van der Waals surface area contributed by atoms with Crippen LogP contribution in [0.5, 0.6) is 0 Å². The fourth-order valence-corrected chi connectivity index (χ4v) is 2.85. The number of carbonyl (C=O) groups excluding carboxylic acids is 3. The normalized spacial score (nSPS) is 10.1. The molecule has 0 heterocycles. The summed E-state index contributed by atoms with van der Waals surface area (Å²) in [6.07, 6.45) is 0. The Morgan fingerprint density at radius 2 is 1.69 bits per heavy atom. The number of carbonyl (C=O) groups is 3. The maximum atomic E-state index is 12.2. The van der Waals surface area contributed by atoms with E-state index in [-0.39, 0.29) is 24.2 Å². The van der Waals surface area contributed by atoms with Crippen molar-refractivity contribution < 1.29 is 19.1 Å². The van der Waals surface area contributed by atoms with Crippen molar-refractivity contribution >= 4 is 40.9 Å². The van der Waals surface area contributed by atoms with Crippen LogP contribution in [0.3, 0.4) is 0 Å². The lowest BCUT2D eigenvalue weighted by atomic mass is 10.2. The Labute approximate surface area is 156 Å². The second-order valence-electron chi connectivity index (χ2n) is 5.31. The van der Waals surface area contributed by atoms with Crippen molar-refractivity contribution in [2.45, 2.75) is 18.7 Å². The van der Waals surface area contributed by atoms with Gasteiger partial charge in [-0.15, -0.1) is 11.8 Å². The van der Waals surface area contributed by atoms with Gasteiger partial charge in [0.05, 0.1) is 23.6 Å². The lowest BCUT2D eigenvalue weighted by molar-refractivity contribution is -0.114. The Hall–Kier alpha value is -2.80. The van der Waals surface area contributed by atoms with Crippen LogP contribution in [0.1, 0.15) is 24.2 Å². The first-order chi connectivity index (χ1) is 12.5. The summed E-state index contributed by atoms with van der Waals surface area (Å²) in [6.45, 7) is 3.44. The second-order valence-corrected chi connectivity index (χ2v) is 6.36. The topological polar surface area (TPSA) is 84.5 Å².